The van der Waals surface area contributed by atoms with Gasteiger partial charge in [-0.15, -0.1) is 0 Å². The Labute approximate surface area is 366 Å². The Morgan fingerprint density at radius 1 is 0.381 bits per heavy atom. The number of anilines is 6. The molecular formula is C57H42N2O4. The third-order valence-corrected chi connectivity index (χ3v) is 12.3. The van der Waals surface area contributed by atoms with E-state index in [2.05, 4.69) is 157 Å². The summed E-state index contributed by atoms with van der Waals surface area (Å²) in [4.78, 5) is 27.5. The van der Waals surface area contributed by atoms with Gasteiger partial charge in [0.15, 0.2) is 0 Å². The van der Waals surface area contributed by atoms with Gasteiger partial charge in [0.2, 0.25) is 0 Å². The molecule has 9 aromatic carbocycles. The molecule has 0 unspecified atom stereocenters. The number of rotatable bonds is 10. The standard InChI is InChI=1S/C57H42N2O4/c1-57(2)53-33-24-42(35-52(53)51-32-30-48(36-54(51)57)59(44-13-7-4-8-14-44)46-27-22-40(23-28-46)56(62)63)49-15-9-10-41-34-47(29-31-50(41)49)58(43-11-5-3-6-12-43)45-25-20-38(21-26-45)37-16-18-39(19-17-37)55(60)61/h3-36H,1-2H3,(H,60,61)(H,62,63). The zero-order valence-corrected chi connectivity index (χ0v) is 34.7. The topological polar surface area (TPSA) is 81.1 Å². The van der Waals surface area contributed by atoms with E-state index in [-0.39, 0.29) is 16.5 Å². The summed E-state index contributed by atoms with van der Waals surface area (Å²) in [5.41, 5.74) is 15.4. The molecule has 10 rings (SSSR count). The molecule has 0 amide bonds. The van der Waals surface area contributed by atoms with Crippen molar-refractivity contribution in [3.63, 3.8) is 0 Å². The number of nitrogens with zero attached hydrogens (tertiary/aromatic N) is 2. The number of fused-ring (bicyclic) bond motifs is 4. The first kappa shape index (κ1) is 38.9. The second-order valence-corrected chi connectivity index (χ2v) is 16.4. The number of benzene rings is 9. The maximum Gasteiger partial charge on any atom is 0.335 e. The minimum absolute atomic E-state index is 0.251. The van der Waals surface area contributed by atoms with Crippen molar-refractivity contribution in [1.82, 2.24) is 0 Å². The van der Waals surface area contributed by atoms with Gasteiger partial charge >= 0.3 is 11.9 Å². The summed E-state index contributed by atoms with van der Waals surface area (Å²) >= 11 is 0. The number of aromatic carboxylic acids is 2. The molecule has 0 spiro atoms. The van der Waals surface area contributed by atoms with Gasteiger partial charge in [0.1, 0.15) is 0 Å². The Kier molecular flexibility index (Phi) is 9.69. The molecule has 0 radical (unpaired) electrons. The monoisotopic (exact) mass is 818 g/mol. The van der Waals surface area contributed by atoms with Crippen LogP contribution in [0.15, 0.2) is 206 Å². The summed E-state index contributed by atoms with van der Waals surface area (Å²) in [6.45, 7) is 4.58. The van der Waals surface area contributed by atoms with E-state index in [1.807, 2.05) is 48.5 Å². The Balaban J connectivity index is 1.00. The SMILES string of the molecule is CC1(C)c2ccc(-c3cccc4cc(N(c5ccccc5)c5ccc(-c6ccc(C(=O)O)cc6)cc5)ccc34)cc2-c2ccc(N(c3ccccc3)c3ccc(C(=O)O)cc3)cc21. The molecule has 6 nitrogen and oxygen atoms in total. The van der Waals surface area contributed by atoms with Crippen molar-refractivity contribution >= 4 is 56.8 Å². The van der Waals surface area contributed by atoms with E-state index in [0.29, 0.717) is 0 Å². The van der Waals surface area contributed by atoms with Gasteiger partial charge in [0.05, 0.1) is 11.1 Å². The summed E-state index contributed by atoms with van der Waals surface area (Å²) in [5.74, 6) is -1.89. The lowest BCUT2D eigenvalue weighted by molar-refractivity contribution is 0.0686. The molecule has 6 heteroatoms. The van der Waals surface area contributed by atoms with Gasteiger partial charge in [-0.3, -0.25) is 0 Å². The highest BCUT2D eigenvalue weighted by molar-refractivity contribution is 6.01. The van der Waals surface area contributed by atoms with Gasteiger partial charge in [-0.1, -0.05) is 117 Å². The van der Waals surface area contributed by atoms with Gasteiger partial charge < -0.3 is 20.0 Å². The highest BCUT2D eigenvalue weighted by Crippen LogP contribution is 2.52. The first-order chi connectivity index (χ1) is 30.6. The maximum atomic E-state index is 11.7. The van der Waals surface area contributed by atoms with Crippen LogP contribution in [-0.4, -0.2) is 22.2 Å². The van der Waals surface area contributed by atoms with Crippen LogP contribution in [0.5, 0.6) is 0 Å². The fourth-order valence-corrected chi connectivity index (χ4v) is 9.12. The van der Waals surface area contributed by atoms with Crippen molar-refractivity contribution in [2.24, 2.45) is 0 Å². The molecular weight excluding hydrogens is 777 g/mol. The smallest absolute Gasteiger partial charge is 0.335 e. The Morgan fingerprint density at radius 2 is 0.857 bits per heavy atom. The lowest BCUT2D eigenvalue weighted by Crippen LogP contribution is -2.16. The Morgan fingerprint density at radius 3 is 1.44 bits per heavy atom. The number of hydrogen-bond acceptors (Lipinski definition) is 4. The Bertz CT molecular complexity index is 3180. The van der Waals surface area contributed by atoms with Gasteiger partial charge in [-0.2, -0.15) is 0 Å². The van der Waals surface area contributed by atoms with Crippen molar-refractivity contribution < 1.29 is 19.8 Å². The second-order valence-electron chi connectivity index (χ2n) is 16.4. The van der Waals surface area contributed by atoms with Gasteiger partial charge in [-0.25, -0.2) is 9.59 Å². The molecule has 0 bridgehead atoms. The minimum atomic E-state index is -0.948. The molecule has 63 heavy (non-hydrogen) atoms. The number of para-hydroxylation sites is 2. The predicted molar refractivity (Wildman–Crippen MR) is 256 cm³/mol. The fraction of sp³-hybridized carbons (Fsp3) is 0.0526. The first-order valence-electron chi connectivity index (χ1n) is 20.9. The van der Waals surface area contributed by atoms with E-state index in [9.17, 15) is 19.8 Å². The molecule has 1 aliphatic rings. The van der Waals surface area contributed by atoms with Crippen LogP contribution in [0, 0.1) is 0 Å². The van der Waals surface area contributed by atoms with Crippen LogP contribution < -0.4 is 9.80 Å². The molecule has 0 atom stereocenters. The molecule has 1 aliphatic carbocycles. The normalized spacial score (nSPS) is 12.3. The summed E-state index contributed by atoms with van der Waals surface area (Å²) in [5, 5.41) is 21.2. The van der Waals surface area contributed by atoms with Crippen LogP contribution in [0.25, 0.3) is 44.2 Å². The molecule has 9 aromatic rings. The average molecular weight is 819 g/mol. The summed E-state index contributed by atoms with van der Waals surface area (Å²) < 4.78 is 0. The number of carbonyl (C=O) groups is 2. The summed E-state index contributed by atoms with van der Waals surface area (Å²) in [6.07, 6.45) is 0. The predicted octanol–water partition coefficient (Wildman–Crippen LogP) is 14.8. The van der Waals surface area contributed by atoms with E-state index in [0.717, 1.165) is 67.2 Å². The largest absolute Gasteiger partial charge is 0.478 e. The third-order valence-electron chi connectivity index (χ3n) is 12.3. The fourth-order valence-electron chi connectivity index (χ4n) is 9.12. The van der Waals surface area contributed by atoms with Crippen molar-refractivity contribution in [1.29, 1.82) is 0 Å². The quantitative estimate of drug-likeness (QED) is 0.143. The van der Waals surface area contributed by atoms with Gasteiger partial charge in [0.25, 0.3) is 0 Å². The van der Waals surface area contributed by atoms with Crippen LogP contribution in [0.1, 0.15) is 45.7 Å². The molecule has 0 heterocycles. The summed E-state index contributed by atoms with van der Waals surface area (Å²) in [7, 11) is 0. The van der Waals surface area contributed by atoms with Crippen LogP contribution in [0.3, 0.4) is 0 Å². The Hall–Kier alpha value is -8.22. The van der Waals surface area contributed by atoms with Crippen molar-refractivity contribution in [2.75, 3.05) is 9.80 Å². The lowest BCUT2D eigenvalue weighted by Gasteiger charge is -2.28. The van der Waals surface area contributed by atoms with E-state index < -0.39 is 11.9 Å². The van der Waals surface area contributed by atoms with E-state index >= 15 is 0 Å². The molecule has 0 aliphatic heterocycles. The number of carboxylic acids is 2. The van der Waals surface area contributed by atoms with Crippen molar-refractivity contribution in [2.45, 2.75) is 19.3 Å². The van der Waals surface area contributed by atoms with Crippen molar-refractivity contribution in [3.05, 3.63) is 229 Å². The van der Waals surface area contributed by atoms with E-state index in [1.165, 1.54) is 22.3 Å². The highest BCUT2D eigenvalue weighted by Gasteiger charge is 2.36. The second kappa shape index (κ2) is 15.7. The lowest BCUT2D eigenvalue weighted by atomic mass is 9.82. The molecule has 2 N–H and O–H groups in total. The van der Waals surface area contributed by atoms with Crippen molar-refractivity contribution in [3.8, 4) is 33.4 Å². The van der Waals surface area contributed by atoms with Crippen LogP contribution >= 0.6 is 0 Å². The van der Waals surface area contributed by atoms with Gasteiger partial charge in [0, 0.05) is 39.5 Å². The zero-order valence-electron chi connectivity index (χ0n) is 34.7. The maximum absolute atomic E-state index is 11.7. The molecule has 0 fully saturated rings. The average Bonchev–Trinajstić information content (AvgIpc) is 3.54. The third kappa shape index (κ3) is 7.07. The molecule has 0 aromatic heterocycles. The molecule has 304 valence electrons. The first-order valence-corrected chi connectivity index (χ1v) is 20.9. The highest BCUT2D eigenvalue weighted by atomic mass is 16.4. The van der Waals surface area contributed by atoms with E-state index in [1.54, 1.807) is 24.3 Å². The van der Waals surface area contributed by atoms with Gasteiger partial charge in [-0.05, 0) is 158 Å². The zero-order chi connectivity index (χ0) is 43.2. The van der Waals surface area contributed by atoms with Crippen LogP contribution in [0.2, 0.25) is 0 Å². The van der Waals surface area contributed by atoms with Crippen LogP contribution in [-0.2, 0) is 5.41 Å². The summed E-state index contributed by atoms with van der Waals surface area (Å²) in [6, 6.07) is 69.7. The minimum Gasteiger partial charge on any atom is -0.478 e. The number of carboxylic acid groups (broad SMARTS) is 2. The molecule has 0 saturated heterocycles. The van der Waals surface area contributed by atoms with Crippen LogP contribution in [0.4, 0.5) is 34.1 Å². The number of hydrogen-bond donors (Lipinski definition) is 2. The van der Waals surface area contributed by atoms with E-state index in [4.69, 9.17) is 0 Å². The molecule has 0 saturated carbocycles.